The van der Waals surface area contributed by atoms with Crippen LogP contribution in [0, 0.1) is 6.92 Å². The van der Waals surface area contributed by atoms with Crippen molar-refractivity contribution in [2.75, 3.05) is 7.05 Å². The smallest absolute Gasteiger partial charge is 0.253 e. The number of benzene rings is 1. The molecule has 1 amide bonds. The molecule has 0 saturated heterocycles. The van der Waals surface area contributed by atoms with Crippen LogP contribution in [0.15, 0.2) is 22.7 Å². The minimum absolute atomic E-state index is 0.137. The molecule has 3 heteroatoms. The normalized spacial score (nSPS) is 16.2. The molecule has 0 heterocycles. The standard InChI is InChI=1S/C14H18BrNO/c1-10-7-8-11(9-13(10)15)14(17)16(2)12-5-3-4-6-12/h7-9,12H,3-6H2,1-2H3. The molecule has 1 aromatic rings. The highest BCUT2D eigenvalue weighted by atomic mass is 79.9. The second kappa shape index (κ2) is 5.21. The van der Waals surface area contributed by atoms with Crippen LogP contribution in [0.5, 0.6) is 0 Å². The second-order valence-corrected chi connectivity index (χ2v) is 5.67. The van der Waals surface area contributed by atoms with Crippen LogP contribution in [0.2, 0.25) is 0 Å². The summed E-state index contributed by atoms with van der Waals surface area (Å²) in [5.74, 6) is 0.137. The van der Waals surface area contributed by atoms with Crippen molar-refractivity contribution in [2.45, 2.75) is 38.6 Å². The molecule has 0 atom stereocenters. The largest absolute Gasteiger partial charge is 0.339 e. The molecular formula is C14H18BrNO. The van der Waals surface area contributed by atoms with Gasteiger partial charge in [0.2, 0.25) is 0 Å². The van der Waals surface area contributed by atoms with Crippen LogP contribution in [-0.2, 0) is 0 Å². The number of amides is 1. The van der Waals surface area contributed by atoms with Gasteiger partial charge in [0.25, 0.3) is 5.91 Å². The third-order valence-electron chi connectivity index (χ3n) is 3.61. The lowest BCUT2D eigenvalue weighted by molar-refractivity contribution is 0.0735. The van der Waals surface area contributed by atoms with E-state index in [9.17, 15) is 4.79 Å². The average molecular weight is 296 g/mol. The summed E-state index contributed by atoms with van der Waals surface area (Å²) < 4.78 is 1.00. The zero-order chi connectivity index (χ0) is 12.4. The van der Waals surface area contributed by atoms with Gasteiger partial charge in [-0.25, -0.2) is 0 Å². The van der Waals surface area contributed by atoms with Gasteiger partial charge < -0.3 is 4.90 Å². The molecule has 1 aliphatic carbocycles. The van der Waals surface area contributed by atoms with Crippen molar-refractivity contribution < 1.29 is 4.79 Å². The Labute approximate surface area is 111 Å². The Balaban J connectivity index is 2.15. The highest BCUT2D eigenvalue weighted by Crippen LogP contribution is 2.25. The first kappa shape index (κ1) is 12.6. The van der Waals surface area contributed by atoms with Gasteiger partial charge in [0, 0.05) is 23.1 Å². The van der Waals surface area contributed by atoms with Crippen molar-refractivity contribution in [3.05, 3.63) is 33.8 Å². The van der Waals surface area contributed by atoms with Crippen LogP contribution < -0.4 is 0 Å². The summed E-state index contributed by atoms with van der Waals surface area (Å²) in [6.07, 6.45) is 4.80. The molecule has 0 aliphatic heterocycles. The summed E-state index contributed by atoms with van der Waals surface area (Å²) in [7, 11) is 1.92. The van der Waals surface area contributed by atoms with Crippen molar-refractivity contribution in [3.8, 4) is 0 Å². The van der Waals surface area contributed by atoms with E-state index >= 15 is 0 Å². The van der Waals surface area contributed by atoms with E-state index in [1.54, 1.807) is 0 Å². The summed E-state index contributed by atoms with van der Waals surface area (Å²) in [5.41, 5.74) is 1.93. The van der Waals surface area contributed by atoms with Crippen molar-refractivity contribution in [3.63, 3.8) is 0 Å². The predicted molar refractivity (Wildman–Crippen MR) is 73.2 cm³/mol. The van der Waals surface area contributed by atoms with Crippen molar-refractivity contribution in [1.29, 1.82) is 0 Å². The maximum Gasteiger partial charge on any atom is 0.253 e. The Bertz CT molecular complexity index is 424. The fourth-order valence-corrected chi connectivity index (χ4v) is 2.77. The van der Waals surface area contributed by atoms with Gasteiger partial charge in [-0.05, 0) is 37.5 Å². The Morgan fingerprint density at radius 3 is 2.59 bits per heavy atom. The van der Waals surface area contributed by atoms with Gasteiger partial charge in [0.15, 0.2) is 0 Å². The van der Waals surface area contributed by atoms with Crippen LogP contribution in [0.1, 0.15) is 41.6 Å². The average Bonchev–Trinajstić information content (AvgIpc) is 2.84. The molecule has 1 saturated carbocycles. The number of nitrogens with zero attached hydrogens (tertiary/aromatic N) is 1. The Hall–Kier alpha value is -0.830. The molecule has 0 unspecified atom stereocenters. The zero-order valence-corrected chi connectivity index (χ0v) is 12.0. The molecule has 92 valence electrons. The molecule has 0 aromatic heterocycles. The minimum Gasteiger partial charge on any atom is -0.339 e. The zero-order valence-electron chi connectivity index (χ0n) is 10.4. The van der Waals surface area contributed by atoms with E-state index in [0.717, 1.165) is 28.4 Å². The third kappa shape index (κ3) is 2.71. The first-order valence-electron chi connectivity index (χ1n) is 6.13. The van der Waals surface area contributed by atoms with E-state index in [0.29, 0.717) is 6.04 Å². The van der Waals surface area contributed by atoms with Crippen LogP contribution >= 0.6 is 15.9 Å². The number of hydrogen-bond donors (Lipinski definition) is 0. The van der Waals surface area contributed by atoms with E-state index in [2.05, 4.69) is 15.9 Å². The molecule has 0 radical (unpaired) electrons. The van der Waals surface area contributed by atoms with E-state index in [1.165, 1.54) is 12.8 Å². The van der Waals surface area contributed by atoms with E-state index in [4.69, 9.17) is 0 Å². The van der Waals surface area contributed by atoms with E-state index in [1.807, 2.05) is 37.1 Å². The highest BCUT2D eigenvalue weighted by Gasteiger charge is 2.24. The van der Waals surface area contributed by atoms with Gasteiger partial charge in [0.1, 0.15) is 0 Å². The topological polar surface area (TPSA) is 20.3 Å². The lowest BCUT2D eigenvalue weighted by Crippen LogP contribution is -2.35. The van der Waals surface area contributed by atoms with Gasteiger partial charge in [-0.2, -0.15) is 0 Å². The van der Waals surface area contributed by atoms with Crippen molar-refractivity contribution >= 4 is 21.8 Å². The Morgan fingerprint density at radius 1 is 1.35 bits per heavy atom. The number of hydrogen-bond acceptors (Lipinski definition) is 1. The number of aryl methyl sites for hydroxylation is 1. The predicted octanol–water partition coefficient (Wildman–Crippen LogP) is 3.77. The fourth-order valence-electron chi connectivity index (χ4n) is 2.39. The molecule has 1 aromatic carbocycles. The quantitative estimate of drug-likeness (QED) is 0.813. The van der Waals surface area contributed by atoms with Crippen molar-refractivity contribution in [1.82, 2.24) is 4.90 Å². The summed E-state index contributed by atoms with van der Waals surface area (Å²) in [4.78, 5) is 14.2. The molecule has 0 bridgehead atoms. The lowest BCUT2D eigenvalue weighted by atomic mass is 10.1. The van der Waals surface area contributed by atoms with Crippen LogP contribution in [0.4, 0.5) is 0 Å². The lowest BCUT2D eigenvalue weighted by Gasteiger charge is -2.24. The van der Waals surface area contributed by atoms with Gasteiger partial charge >= 0.3 is 0 Å². The van der Waals surface area contributed by atoms with Gasteiger partial charge in [-0.3, -0.25) is 4.79 Å². The summed E-state index contributed by atoms with van der Waals surface area (Å²) in [6, 6.07) is 6.25. The molecule has 2 rings (SSSR count). The second-order valence-electron chi connectivity index (χ2n) is 4.82. The van der Waals surface area contributed by atoms with Crippen molar-refractivity contribution in [2.24, 2.45) is 0 Å². The molecule has 1 aliphatic rings. The Morgan fingerprint density at radius 2 is 2.00 bits per heavy atom. The molecule has 1 fully saturated rings. The minimum atomic E-state index is 0.137. The first-order chi connectivity index (χ1) is 8.09. The highest BCUT2D eigenvalue weighted by molar-refractivity contribution is 9.10. The molecule has 0 N–H and O–H groups in total. The third-order valence-corrected chi connectivity index (χ3v) is 4.47. The summed E-state index contributed by atoms with van der Waals surface area (Å²) in [5, 5.41) is 0. The number of rotatable bonds is 2. The number of carbonyl (C=O) groups excluding carboxylic acids is 1. The van der Waals surface area contributed by atoms with Crippen LogP contribution in [0.3, 0.4) is 0 Å². The van der Waals surface area contributed by atoms with Crippen LogP contribution in [-0.4, -0.2) is 23.9 Å². The van der Waals surface area contributed by atoms with Gasteiger partial charge in [-0.15, -0.1) is 0 Å². The molecule has 17 heavy (non-hydrogen) atoms. The fraction of sp³-hybridized carbons (Fsp3) is 0.500. The summed E-state index contributed by atoms with van der Waals surface area (Å²) in [6.45, 7) is 2.03. The molecule has 0 spiro atoms. The molecular weight excluding hydrogens is 278 g/mol. The Kier molecular flexibility index (Phi) is 3.87. The van der Waals surface area contributed by atoms with Gasteiger partial charge in [-0.1, -0.05) is 34.8 Å². The monoisotopic (exact) mass is 295 g/mol. The van der Waals surface area contributed by atoms with Gasteiger partial charge in [0.05, 0.1) is 0 Å². The molecule has 2 nitrogen and oxygen atoms in total. The first-order valence-corrected chi connectivity index (χ1v) is 6.92. The van der Waals surface area contributed by atoms with E-state index in [-0.39, 0.29) is 5.91 Å². The maximum absolute atomic E-state index is 12.3. The number of carbonyl (C=O) groups is 1. The number of halogens is 1. The van der Waals surface area contributed by atoms with Crippen LogP contribution in [0.25, 0.3) is 0 Å². The maximum atomic E-state index is 12.3. The summed E-state index contributed by atoms with van der Waals surface area (Å²) >= 11 is 3.48. The van der Waals surface area contributed by atoms with E-state index < -0.39 is 0 Å². The SMILES string of the molecule is Cc1ccc(C(=O)N(C)C2CCCC2)cc1Br.